The van der Waals surface area contributed by atoms with E-state index in [2.05, 4.69) is 30.0 Å². The van der Waals surface area contributed by atoms with Gasteiger partial charge >= 0.3 is 11.8 Å². The molecule has 1 aliphatic rings. The predicted octanol–water partition coefficient (Wildman–Crippen LogP) is 6.04. The number of hydrogen-bond donors (Lipinski definition) is 2. The minimum Gasteiger partial charge on any atom is -0.493 e. The molecular formula is C32H42ClN3O7. The van der Waals surface area contributed by atoms with Crippen LogP contribution in [0.15, 0.2) is 64.3 Å². The van der Waals surface area contributed by atoms with Crippen LogP contribution in [0.4, 0.5) is 4.79 Å². The Morgan fingerprint density at radius 3 is 2.35 bits per heavy atom. The fourth-order valence-corrected chi connectivity index (χ4v) is 5.75. The number of aromatic nitrogens is 2. The zero-order chi connectivity index (χ0) is 31.4. The molecule has 234 valence electrons. The number of carboxylic acid groups (broad SMARTS) is 2. The monoisotopic (exact) mass is 615 g/mol. The molecule has 11 heteroatoms. The summed E-state index contributed by atoms with van der Waals surface area (Å²) in [5.41, 5.74) is 1.73. The van der Waals surface area contributed by atoms with Crippen molar-refractivity contribution >= 4 is 17.8 Å². The van der Waals surface area contributed by atoms with Gasteiger partial charge in [0.15, 0.2) is 11.5 Å². The van der Waals surface area contributed by atoms with Gasteiger partial charge in [-0.3, -0.25) is 14.3 Å². The van der Waals surface area contributed by atoms with Crippen molar-refractivity contribution in [2.45, 2.75) is 64.6 Å². The standard InChI is InChI=1S/C31H40ClN3O4.CH2O3/c1-4-27(25-11-13-26(32)14-12-25)34(21-23-8-6-5-7-9-23)22-24-10-15-28(29(20-24)38-3)39-19-18-35-30(36)16-17-33(2)31(35)37;2-1(3)4/h10-17,20,23,27H,4-9,18-19,21-22H2,1-3H3;(H2,2,3,4). The summed E-state index contributed by atoms with van der Waals surface area (Å²) in [6.45, 7) is 4.44. The minimum atomic E-state index is -1.83. The number of halogens is 1. The van der Waals surface area contributed by atoms with E-state index in [1.165, 1.54) is 59.1 Å². The zero-order valence-corrected chi connectivity index (χ0v) is 25.8. The van der Waals surface area contributed by atoms with Crippen LogP contribution in [0.25, 0.3) is 0 Å². The Morgan fingerprint density at radius 1 is 1.05 bits per heavy atom. The SMILES string of the molecule is CCC(c1ccc(Cl)cc1)N(Cc1ccc(OCCn2c(=O)ccn(C)c2=O)c(OC)c1)CC1CCCCC1.O=C(O)O. The van der Waals surface area contributed by atoms with E-state index >= 15 is 0 Å². The topological polar surface area (TPSA) is 123 Å². The van der Waals surface area contributed by atoms with Gasteiger partial charge in [-0.15, -0.1) is 0 Å². The summed E-state index contributed by atoms with van der Waals surface area (Å²) in [5.74, 6) is 1.93. The largest absolute Gasteiger partial charge is 0.503 e. The van der Waals surface area contributed by atoms with E-state index in [-0.39, 0.29) is 30.4 Å². The van der Waals surface area contributed by atoms with Gasteiger partial charge in [0.25, 0.3) is 5.56 Å². The smallest absolute Gasteiger partial charge is 0.493 e. The molecule has 0 spiro atoms. The Bertz CT molecular complexity index is 1430. The van der Waals surface area contributed by atoms with E-state index in [4.69, 9.17) is 36.1 Å². The quantitative estimate of drug-likeness (QED) is 0.253. The molecular weight excluding hydrogens is 574 g/mol. The van der Waals surface area contributed by atoms with Crippen LogP contribution in [0.1, 0.15) is 62.6 Å². The van der Waals surface area contributed by atoms with Crippen LogP contribution in [-0.4, -0.2) is 50.7 Å². The van der Waals surface area contributed by atoms with Crippen LogP contribution < -0.4 is 20.7 Å². The van der Waals surface area contributed by atoms with E-state index in [9.17, 15) is 9.59 Å². The molecule has 1 aliphatic carbocycles. The van der Waals surface area contributed by atoms with Crippen LogP contribution >= 0.6 is 11.6 Å². The zero-order valence-electron chi connectivity index (χ0n) is 25.1. The second-order valence-corrected chi connectivity index (χ2v) is 11.2. The first kappa shape index (κ1) is 33.7. The molecule has 1 fully saturated rings. The third-order valence-electron chi connectivity index (χ3n) is 7.73. The summed E-state index contributed by atoms with van der Waals surface area (Å²) >= 11 is 6.19. The first-order chi connectivity index (χ1) is 20.6. The molecule has 1 atom stereocenters. The normalized spacial score (nSPS) is 14.1. The van der Waals surface area contributed by atoms with E-state index in [1.807, 2.05) is 24.3 Å². The molecule has 1 heterocycles. The van der Waals surface area contributed by atoms with Crippen molar-refractivity contribution in [1.29, 1.82) is 0 Å². The highest BCUT2D eigenvalue weighted by Crippen LogP contribution is 2.34. The second-order valence-electron chi connectivity index (χ2n) is 10.7. The molecule has 43 heavy (non-hydrogen) atoms. The lowest BCUT2D eigenvalue weighted by atomic mass is 9.88. The molecule has 1 unspecified atom stereocenters. The number of methoxy groups -OCH3 is 1. The predicted molar refractivity (Wildman–Crippen MR) is 167 cm³/mol. The van der Waals surface area contributed by atoms with Crippen molar-refractivity contribution in [1.82, 2.24) is 14.0 Å². The van der Waals surface area contributed by atoms with Gasteiger partial charge in [-0.05, 0) is 60.6 Å². The van der Waals surface area contributed by atoms with Gasteiger partial charge in [0, 0.05) is 43.5 Å². The number of rotatable bonds is 12. The molecule has 4 rings (SSSR count). The third-order valence-corrected chi connectivity index (χ3v) is 7.98. The summed E-state index contributed by atoms with van der Waals surface area (Å²) in [6.07, 6.45) is 7.20. The maximum absolute atomic E-state index is 12.3. The van der Waals surface area contributed by atoms with Gasteiger partial charge in [0.05, 0.1) is 13.7 Å². The third kappa shape index (κ3) is 10.2. The van der Waals surface area contributed by atoms with Gasteiger partial charge in [-0.25, -0.2) is 9.59 Å². The Balaban J connectivity index is 0.00000119. The van der Waals surface area contributed by atoms with Crippen molar-refractivity contribution in [3.63, 3.8) is 0 Å². The first-order valence-electron chi connectivity index (χ1n) is 14.6. The summed E-state index contributed by atoms with van der Waals surface area (Å²) < 4.78 is 14.2. The highest BCUT2D eigenvalue weighted by molar-refractivity contribution is 6.30. The van der Waals surface area contributed by atoms with Crippen molar-refractivity contribution in [3.05, 3.63) is 91.7 Å². The molecule has 0 bridgehead atoms. The molecule has 0 aliphatic heterocycles. The number of aryl methyl sites for hydroxylation is 1. The van der Waals surface area contributed by atoms with Crippen LogP contribution in [-0.2, 0) is 20.1 Å². The number of ether oxygens (including phenoxy) is 2. The number of benzene rings is 2. The number of hydrogen-bond acceptors (Lipinski definition) is 6. The molecule has 3 aromatic rings. The molecule has 1 saturated carbocycles. The Labute approximate surface area is 257 Å². The summed E-state index contributed by atoms with van der Waals surface area (Å²) in [7, 11) is 3.25. The van der Waals surface area contributed by atoms with Crippen LogP contribution in [0.3, 0.4) is 0 Å². The van der Waals surface area contributed by atoms with Crippen molar-refractivity contribution < 1.29 is 24.5 Å². The second kappa shape index (κ2) is 16.8. The lowest BCUT2D eigenvalue weighted by molar-refractivity contribution is 0.136. The number of carbonyl (C=O) groups is 1. The fraction of sp³-hybridized carbons (Fsp3) is 0.469. The van der Waals surface area contributed by atoms with E-state index in [1.54, 1.807) is 14.2 Å². The highest BCUT2D eigenvalue weighted by atomic mass is 35.5. The molecule has 0 amide bonds. The lowest BCUT2D eigenvalue weighted by Crippen LogP contribution is -2.39. The summed E-state index contributed by atoms with van der Waals surface area (Å²) in [5, 5.41) is 14.7. The molecule has 2 N–H and O–H groups in total. The van der Waals surface area contributed by atoms with E-state index in [0.29, 0.717) is 17.4 Å². The summed E-state index contributed by atoms with van der Waals surface area (Å²) in [4.78, 5) is 35.5. The minimum absolute atomic E-state index is 0.158. The van der Waals surface area contributed by atoms with Crippen LogP contribution in [0.2, 0.25) is 5.02 Å². The lowest BCUT2D eigenvalue weighted by Gasteiger charge is -2.36. The summed E-state index contributed by atoms with van der Waals surface area (Å²) in [6, 6.07) is 15.9. The Hall–Kier alpha value is -3.76. The molecule has 0 radical (unpaired) electrons. The van der Waals surface area contributed by atoms with Crippen LogP contribution in [0, 0.1) is 5.92 Å². The maximum Gasteiger partial charge on any atom is 0.503 e. The molecule has 0 saturated heterocycles. The van der Waals surface area contributed by atoms with Gasteiger partial charge in [-0.1, -0.05) is 56.0 Å². The van der Waals surface area contributed by atoms with Crippen LogP contribution in [0.5, 0.6) is 11.5 Å². The first-order valence-corrected chi connectivity index (χ1v) is 15.0. The fourth-order valence-electron chi connectivity index (χ4n) is 5.62. The maximum atomic E-state index is 12.3. The van der Waals surface area contributed by atoms with Crippen molar-refractivity contribution in [3.8, 4) is 11.5 Å². The average molecular weight is 616 g/mol. The Morgan fingerprint density at radius 2 is 1.72 bits per heavy atom. The van der Waals surface area contributed by atoms with E-state index in [0.717, 1.165) is 30.1 Å². The molecule has 1 aromatic heterocycles. The molecule has 10 nitrogen and oxygen atoms in total. The van der Waals surface area contributed by atoms with Gasteiger partial charge in [-0.2, -0.15) is 0 Å². The Kier molecular flexibility index (Phi) is 13.2. The van der Waals surface area contributed by atoms with Crippen molar-refractivity contribution in [2.75, 3.05) is 20.3 Å². The average Bonchev–Trinajstić information content (AvgIpc) is 2.99. The van der Waals surface area contributed by atoms with Gasteiger partial charge in [0.2, 0.25) is 0 Å². The number of nitrogens with zero attached hydrogens (tertiary/aromatic N) is 3. The van der Waals surface area contributed by atoms with Gasteiger partial charge in [0.1, 0.15) is 6.61 Å². The highest BCUT2D eigenvalue weighted by Gasteiger charge is 2.24. The van der Waals surface area contributed by atoms with E-state index < -0.39 is 6.16 Å². The van der Waals surface area contributed by atoms with Crippen molar-refractivity contribution in [2.24, 2.45) is 13.0 Å². The molecule has 2 aromatic carbocycles. The van der Waals surface area contributed by atoms with Gasteiger partial charge < -0.3 is 24.3 Å².